The van der Waals surface area contributed by atoms with Gasteiger partial charge in [0.1, 0.15) is 5.82 Å². The Labute approximate surface area is 98.4 Å². The average molecular weight is 237 g/mol. The highest BCUT2D eigenvalue weighted by Crippen LogP contribution is 2.37. The van der Waals surface area contributed by atoms with Gasteiger partial charge in [-0.1, -0.05) is 0 Å². The third-order valence-electron chi connectivity index (χ3n) is 2.45. The number of rotatable bonds is 5. The summed E-state index contributed by atoms with van der Waals surface area (Å²) in [7, 11) is 0. The minimum atomic E-state index is -0.431. The number of hydrogen-bond donors (Lipinski definition) is 3. The number of nitrogens with one attached hydrogen (secondary N) is 3. The second-order valence-electron chi connectivity index (χ2n) is 3.95. The van der Waals surface area contributed by atoms with Crippen molar-refractivity contribution in [3.63, 3.8) is 0 Å². The highest BCUT2D eigenvalue weighted by atomic mass is 16.2. The molecule has 0 spiro atoms. The van der Waals surface area contributed by atoms with E-state index in [1.54, 1.807) is 0 Å². The summed E-state index contributed by atoms with van der Waals surface area (Å²) in [6.07, 6.45) is 2.18. The molecule has 2 rings (SSSR count). The van der Waals surface area contributed by atoms with Crippen molar-refractivity contribution in [2.24, 2.45) is 0 Å². The molecular weight excluding hydrogens is 222 g/mol. The number of likely N-dealkylation sites (N-methyl/N-ethyl adjacent to an activating group) is 1. The van der Waals surface area contributed by atoms with Crippen molar-refractivity contribution < 1.29 is 9.59 Å². The molecule has 0 saturated heterocycles. The van der Waals surface area contributed by atoms with Gasteiger partial charge in [-0.25, -0.2) is 4.98 Å². The molecule has 0 atom stereocenters. The molecule has 0 unspecified atom stereocenters. The number of amides is 2. The Morgan fingerprint density at radius 1 is 1.41 bits per heavy atom. The molecule has 7 nitrogen and oxygen atoms in total. The van der Waals surface area contributed by atoms with Crippen molar-refractivity contribution in [3.05, 3.63) is 11.6 Å². The highest BCUT2D eigenvalue weighted by molar-refractivity contribution is 5.93. The van der Waals surface area contributed by atoms with Gasteiger partial charge in [-0.3, -0.25) is 14.7 Å². The Kier molecular flexibility index (Phi) is 3.36. The fraction of sp³-hybridized carbons (Fsp3) is 0.600. The number of nitrogens with zero attached hydrogens (tertiary/aromatic N) is 2. The van der Waals surface area contributed by atoms with E-state index >= 15 is 0 Å². The minimum Gasteiger partial charge on any atom is -0.355 e. The molecule has 0 radical (unpaired) electrons. The van der Waals surface area contributed by atoms with Gasteiger partial charge in [0.2, 0.25) is 11.7 Å². The average Bonchev–Trinajstić information content (AvgIpc) is 3.05. The molecule has 0 bridgehead atoms. The molecule has 2 amide bonds. The van der Waals surface area contributed by atoms with Gasteiger partial charge in [0.15, 0.2) is 0 Å². The van der Waals surface area contributed by atoms with Gasteiger partial charge in [0.05, 0.1) is 6.54 Å². The Hall–Kier alpha value is -1.92. The largest absolute Gasteiger partial charge is 0.355 e. The first-order valence-electron chi connectivity index (χ1n) is 5.68. The smallest absolute Gasteiger partial charge is 0.291 e. The van der Waals surface area contributed by atoms with Crippen LogP contribution in [0.25, 0.3) is 0 Å². The second-order valence-corrected chi connectivity index (χ2v) is 3.95. The Balaban J connectivity index is 1.83. The molecule has 1 fully saturated rings. The third-order valence-corrected chi connectivity index (χ3v) is 2.45. The molecule has 7 heteroatoms. The molecule has 1 aliphatic carbocycles. The topological polar surface area (TPSA) is 99.8 Å². The third kappa shape index (κ3) is 3.02. The molecule has 0 aromatic carbocycles. The molecular formula is C10H15N5O2. The summed E-state index contributed by atoms with van der Waals surface area (Å²) in [6.45, 7) is 2.30. The zero-order valence-electron chi connectivity index (χ0n) is 9.62. The number of H-pyrrole nitrogens is 1. The van der Waals surface area contributed by atoms with E-state index in [-0.39, 0.29) is 18.3 Å². The lowest BCUT2D eigenvalue weighted by Gasteiger charge is -2.02. The van der Waals surface area contributed by atoms with E-state index in [0.717, 1.165) is 18.7 Å². The number of carbonyl (C=O) groups is 2. The van der Waals surface area contributed by atoms with Gasteiger partial charge in [0.25, 0.3) is 5.91 Å². The van der Waals surface area contributed by atoms with Crippen molar-refractivity contribution in [3.8, 4) is 0 Å². The molecule has 3 N–H and O–H groups in total. The van der Waals surface area contributed by atoms with E-state index in [2.05, 4.69) is 25.8 Å². The number of carbonyl (C=O) groups excluding carboxylic acids is 2. The van der Waals surface area contributed by atoms with E-state index in [0.29, 0.717) is 12.5 Å². The number of aromatic nitrogens is 3. The van der Waals surface area contributed by atoms with Crippen molar-refractivity contribution >= 4 is 11.8 Å². The van der Waals surface area contributed by atoms with Crippen LogP contribution in [0.3, 0.4) is 0 Å². The Bertz CT molecular complexity index is 424. The molecule has 92 valence electrons. The van der Waals surface area contributed by atoms with Gasteiger partial charge in [0, 0.05) is 12.5 Å². The van der Waals surface area contributed by atoms with Crippen molar-refractivity contribution in [2.75, 3.05) is 13.1 Å². The molecule has 17 heavy (non-hydrogen) atoms. The van der Waals surface area contributed by atoms with Gasteiger partial charge in [-0.15, -0.1) is 5.10 Å². The maximum absolute atomic E-state index is 11.6. The maximum Gasteiger partial charge on any atom is 0.291 e. The molecule has 0 aliphatic heterocycles. The highest BCUT2D eigenvalue weighted by Gasteiger charge is 2.28. The summed E-state index contributed by atoms with van der Waals surface area (Å²) in [5, 5.41) is 11.6. The van der Waals surface area contributed by atoms with Crippen LogP contribution in [0.2, 0.25) is 0 Å². The van der Waals surface area contributed by atoms with Crippen LogP contribution in [0.15, 0.2) is 0 Å². The van der Waals surface area contributed by atoms with Crippen LogP contribution in [0.1, 0.15) is 42.1 Å². The monoisotopic (exact) mass is 237 g/mol. The van der Waals surface area contributed by atoms with Gasteiger partial charge >= 0.3 is 0 Å². The summed E-state index contributed by atoms with van der Waals surface area (Å²) < 4.78 is 0. The lowest BCUT2D eigenvalue weighted by atomic mass is 10.4. The fourth-order valence-corrected chi connectivity index (χ4v) is 1.41. The molecule has 1 saturated carbocycles. The summed E-state index contributed by atoms with van der Waals surface area (Å²) in [5.74, 6) is 0.620. The van der Waals surface area contributed by atoms with E-state index in [9.17, 15) is 9.59 Å². The minimum absolute atomic E-state index is 0.0556. The van der Waals surface area contributed by atoms with Crippen molar-refractivity contribution in [1.82, 2.24) is 25.8 Å². The number of aromatic amines is 1. The first-order chi connectivity index (χ1) is 8.20. The Morgan fingerprint density at radius 3 is 2.82 bits per heavy atom. The molecule has 1 aromatic heterocycles. The van der Waals surface area contributed by atoms with Crippen molar-refractivity contribution in [2.45, 2.75) is 25.7 Å². The number of hydrogen-bond acceptors (Lipinski definition) is 4. The first-order valence-corrected chi connectivity index (χ1v) is 5.68. The SMILES string of the molecule is CCNC(=O)CNC(=O)c1n[nH]c(C2CC2)n1. The molecule has 1 aromatic rings. The zero-order valence-corrected chi connectivity index (χ0v) is 9.62. The van der Waals surface area contributed by atoms with E-state index < -0.39 is 5.91 Å². The fourth-order valence-electron chi connectivity index (χ4n) is 1.41. The maximum atomic E-state index is 11.6. The Morgan fingerprint density at radius 2 is 2.18 bits per heavy atom. The predicted molar refractivity (Wildman–Crippen MR) is 59.4 cm³/mol. The van der Waals surface area contributed by atoms with Gasteiger partial charge in [-0.2, -0.15) is 0 Å². The standard InChI is InChI=1S/C10H15N5O2/c1-2-11-7(16)5-12-10(17)9-13-8(14-15-9)6-3-4-6/h6H,2-5H2,1H3,(H,11,16)(H,12,17)(H,13,14,15). The van der Waals surface area contributed by atoms with Gasteiger partial charge < -0.3 is 10.6 Å². The lowest BCUT2D eigenvalue weighted by molar-refractivity contribution is -0.120. The van der Waals surface area contributed by atoms with Crippen LogP contribution >= 0.6 is 0 Å². The van der Waals surface area contributed by atoms with E-state index in [1.165, 1.54) is 0 Å². The summed E-state index contributed by atoms with van der Waals surface area (Å²) >= 11 is 0. The molecule has 1 aliphatic rings. The normalized spacial score (nSPS) is 14.4. The quantitative estimate of drug-likeness (QED) is 0.645. The summed E-state index contributed by atoms with van der Waals surface area (Å²) in [5.41, 5.74) is 0. The van der Waals surface area contributed by atoms with E-state index in [1.807, 2.05) is 6.92 Å². The van der Waals surface area contributed by atoms with Crippen LogP contribution < -0.4 is 10.6 Å². The predicted octanol–water partition coefficient (Wildman–Crippen LogP) is -0.452. The second kappa shape index (κ2) is 4.94. The van der Waals surface area contributed by atoms with Crippen molar-refractivity contribution in [1.29, 1.82) is 0 Å². The molecule has 1 heterocycles. The van der Waals surface area contributed by atoms with Crippen LogP contribution in [-0.2, 0) is 4.79 Å². The van der Waals surface area contributed by atoms with Crippen LogP contribution in [-0.4, -0.2) is 40.1 Å². The first kappa shape index (κ1) is 11.6. The summed E-state index contributed by atoms with van der Waals surface area (Å²) in [6, 6.07) is 0. The van der Waals surface area contributed by atoms with Gasteiger partial charge in [-0.05, 0) is 19.8 Å². The summed E-state index contributed by atoms with van der Waals surface area (Å²) in [4.78, 5) is 26.8. The van der Waals surface area contributed by atoms with E-state index in [4.69, 9.17) is 0 Å². The van der Waals surface area contributed by atoms with Crippen LogP contribution in [0.4, 0.5) is 0 Å². The van der Waals surface area contributed by atoms with Crippen LogP contribution in [0, 0.1) is 0 Å². The van der Waals surface area contributed by atoms with Crippen LogP contribution in [0.5, 0.6) is 0 Å². The lowest BCUT2D eigenvalue weighted by Crippen LogP contribution is -2.37. The zero-order chi connectivity index (χ0) is 12.3.